The number of nitrogens with one attached hydrogen (secondary N) is 1. The predicted molar refractivity (Wildman–Crippen MR) is 70.8 cm³/mol. The number of rotatable bonds is 4. The highest BCUT2D eigenvalue weighted by atomic mass is 14.9. The van der Waals surface area contributed by atoms with Crippen molar-refractivity contribution < 1.29 is 0 Å². The van der Waals surface area contributed by atoms with Crippen LogP contribution in [0.15, 0.2) is 24.4 Å². The van der Waals surface area contributed by atoms with Crippen molar-refractivity contribution in [3.05, 3.63) is 30.1 Å². The van der Waals surface area contributed by atoms with E-state index in [4.69, 9.17) is 5.73 Å². The SMILES string of the molecule is N#CC1(c2ccccn2)CCC(NCCN)CC1. The van der Waals surface area contributed by atoms with Gasteiger partial charge in [0.15, 0.2) is 0 Å². The van der Waals surface area contributed by atoms with Crippen LogP contribution in [-0.4, -0.2) is 24.1 Å². The summed E-state index contributed by atoms with van der Waals surface area (Å²) in [5, 5.41) is 13.0. The lowest BCUT2D eigenvalue weighted by Gasteiger charge is -2.34. The Bertz CT molecular complexity index is 402. The quantitative estimate of drug-likeness (QED) is 0.838. The number of aromatic nitrogens is 1. The van der Waals surface area contributed by atoms with Gasteiger partial charge in [-0.05, 0) is 37.8 Å². The number of nitriles is 1. The zero-order valence-corrected chi connectivity index (χ0v) is 10.6. The summed E-state index contributed by atoms with van der Waals surface area (Å²) >= 11 is 0. The van der Waals surface area contributed by atoms with Gasteiger partial charge in [-0.15, -0.1) is 0 Å². The molecular weight excluding hydrogens is 224 g/mol. The molecule has 1 saturated carbocycles. The fourth-order valence-corrected chi connectivity index (χ4v) is 2.67. The van der Waals surface area contributed by atoms with Crippen LogP contribution in [0.5, 0.6) is 0 Å². The van der Waals surface area contributed by atoms with E-state index in [9.17, 15) is 5.26 Å². The maximum absolute atomic E-state index is 9.53. The van der Waals surface area contributed by atoms with Gasteiger partial charge < -0.3 is 11.1 Å². The van der Waals surface area contributed by atoms with Gasteiger partial charge in [0, 0.05) is 25.3 Å². The average Bonchev–Trinajstić information content (AvgIpc) is 2.46. The molecule has 0 aliphatic heterocycles. The molecule has 1 fully saturated rings. The molecule has 1 aliphatic rings. The summed E-state index contributed by atoms with van der Waals surface area (Å²) in [4.78, 5) is 4.37. The Hall–Kier alpha value is -1.44. The van der Waals surface area contributed by atoms with E-state index in [1.54, 1.807) is 6.20 Å². The predicted octanol–water partition coefficient (Wildman–Crippen LogP) is 1.33. The van der Waals surface area contributed by atoms with Gasteiger partial charge >= 0.3 is 0 Å². The Morgan fingerprint density at radius 3 is 2.78 bits per heavy atom. The van der Waals surface area contributed by atoms with Gasteiger partial charge in [-0.3, -0.25) is 4.98 Å². The number of nitrogens with two attached hydrogens (primary N) is 1. The van der Waals surface area contributed by atoms with E-state index in [2.05, 4.69) is 16.4 Å². The molecule has 0 atom stereocenters. The summed E-state index contributed by atoms with van der Waals surface area (Å²) in [5.41, 5.74) is 6.03. The largest absolute Gasteiger partial charge is 0.329 e. The van der Waals surface area contributed by atoms with Crippen LogP contribution in [-0.2, 0) is 5.41 Å². The van der Waals surface area contributed by atoms with Crippen LogP contribution in [0.25, 0.3) is 0 Å². The Morgan fingerprint density at radius 2 is 2.22 bits per heavy atom. The van der Waals surface area contributed by atoms with Gasteiger partial charge in [0.05, 0.1) is 17.2 Å². The van der Waals surface area contributed by atoms with Gasteiger partial charge in [-0.1, -0.05) is 6.07 Å². The summed E-state index contributed by atoms with van der Waals surface area (Å²) in [6.07, 6.45) is 5.56. The number of nitrogens with zero attached hydrogens (tertiary/aromatic N) is 2. The van der Waals surface area contributed by atoms with E-state index in [0.29, 0.717) is 12.6 Å². The second-order valence-electron chi connectivity index (χ2n) is 4.93. The zero-order valence-electron chi connectivity index (χ0n) is 10.6. The van der Waals surface area contributed by atoms with Crippen molar-refractivity contribution in [3.63, 3.8) is 0 Å². The maximum Gasteiger partial charge on any atom is 0.0994 e. The van der Waals surface area contributed by atoms with Crippen LogP contribution < -0.4 is 11.1 Å². The first-order chi connectivity index (χ1) is 8.80. The molecule has 1 aromatic rings. The van der Waals surface area contributed by atoms with Gasteiger partial charge in [0.1, 0.15) is 0 Å². The second-order valence-corrected chi connectivity index (χ2v) is 4.93. The van der Waals surface area contributed by atoms with Gasteiger partial charge in [0.2, 0.25) is 0 Å². The molecule has 4 nitrogen and oxygen atoms in total. The van der Waals surface area contributed by atoms with E-state index in [0.717, 1.165) is 37.9 Å². The molecular formula is C14H20N4. The molecule has 1 heterocycles. The lowest BCUT2D eigenvalue weighted by atomic mass is 9.71. The average molecular weight is 244 g/mol. The van der Waals surface area contributed by atoms with Crippen molar-refractivity contribution in [2.75, 3.05) is 13.1 Å². The first-order valence-electron chi connectivity index (χ1n) is 6.57. The van der Waals surface area contributed by atoms with E-state index >= 15 is 0 Å². The maximum atomic E-state index is 9.53. The summed E-state index contributed by atoms with van der Waals surface area (Å²) < 4.78 is 0. The van der Waals surface area contributed by atoms with Crippen molar-refractivity contribution in [1.29, 1.82) is 5.26 Å². The minimum Gasteiger partial charge on any atom is -0.329 e. The summed E-state index contributed by atoms with van der Waals surface area (Å²) in [6.45, 7) is 1.52. The third-order valence-corrected chi connectivity index (χ3v) is 3.79. The van der Waals surface area contributed by atoms with E-state index < -0.39 is 0 Å². The number of pyridine rings is 1. The van der Waals surface area contributed by atoms with Crippen LogP contribution in [0.4, 0.5) is 0 Å². The molecule has 0 aromatic carbocycles. The normalized spacial score (nSPS) is 27.7. The fraction of sp³-hybridized carbons (Fsp3) is 0.571. The number of hydrogen-bond donors (Lipinski definition) is 2. The van der Waals surface area contributed by atoms with Gasteiger partial charge in [0.25, 0.3) is 0 Å². The molecule has 0 saturated heterocycles. The van der Waals surface area contributed by atoms with E-state index in [-0.39, 0.29) is 5.41 Å². The highest BCUT2D eigenvalue weighted by Crippen LogP contribution is 2.37. The highest BCUT2D eigenvalue weighted by Gasteiger charge is 2.37. The minimum absolute atomic E-state index is 0.387. The van der Waals surface area contributed by atoms with Crippen LogP contribution in [0.3, 0.4) is 0 Å². The molecule has 3 N–H and O–H groups in total. The lowest BCUT2D eigenvalue weighted by molar-refractivity contribution is 0.293. The Kier molecular flexibility index (Phi) is 4.29. The second kappa shape index (κ2) is 5.94. The number of hydrogen-bond acceptors (Lipinski definition) is 4. The van der Waals surface area contributed by atoms with Crippen LogP contribution in [0, 0.1) is 11.3 Å². The molecule has 0 radical (unpaired) electrons. The molecule has 18 heavy (non-hydrogen) atoms. The van der Waals surface area contributed by atoms with E-state index in [1.807, 2.05) is 18.2 Å². The molecule has 0 unspecified atom stereocenters. The smallest absolute Gasteiger partial charge is 0.0994 e. The van der Waals surface area contributed by atoms with Crippen LogP contribution >= 0.6 is 0 Å². The van der Waals surface area contributed by atoms with Crippen molar-refractivity contribution in [3.8, 4) is 6.07 Å². The Balaban J connectivity index is 2.03. The molecule has 1 aliphatic carbocycles. The Morgan fingerprint density at radius 1 is 1.44 bits per heavy atom. The topological polar surface area (TPSA) is 74.7 Å². The minimum atomic E-state index is -0.387. The van der Waals surface area contributed by atoms with Crippen molar-refractivity contribution in [2.24, 2.45) is 5.73 Å². The van der Waals surface area contributed by atoms with Crippen LogP contribution in [0.2, 0.25) is 0 Å². The third-order valence-electron chi connectivity index (χ3n) is 3.79. The molecule has 1 aromatic heterocycles. The third kappa shape index (κ3) is 2.69. The van der Waals surface area contributed by atoms with E-state index in [1.165, 1.54) is 0 Å². The Labute approximate surface area is 108 Å². The van der Waals surface area contributed by atoms with Crippen molar-refractivity contribution in [1.82, 2.24) is 10.3 Å². The molecule has 2 rings (SSSR count). The molecule has 0 amide bonds. The van der Waals surface area contributed by atoms with Gasteiger partial charge in [-0.25, -0.2) is 0 Å². The summed E-state index contributed by atoms with van der Waals surface area (Å²) in [7, 11) is 0. The lowest BCUT2D eigenvalue weighted by Crippen LogP contribution is -2.41. The zero-order chi connectivity index (χ0) is 12.8. The van der Waals surface area contributed by atoms with Gasteiger partial charge in [-0.2, -0.15) is 5.26 Å². The highest BCUT2D eigenvalue weighted by molar-refractivity contribution is 5.27. The van der Waals surface area contributed by atoms with Crippen molar-refractivity contribution in [2.45, 2.75) is 37.1 Å². The fourth-order valence-electron chi connectivity index (χ4n) is 2.67. The van der Waals surface area contributed by atoms with Crippen LogP contribution in [0.1, 0.15) is 31.4 Å². The molecule has 0 bridgehead atoms. The monoisotopic (exact) mass is 244 g/mol. The molecule has 0 spiro atoms. The summed E-state index contributed by atoms with van der Waals surface area (Å²) in [6, 6.07) is 8.81. The molecule has 96 valence electrons. The van der Waals surface area contributed by atoms with Crippen molar-refractivity contribution >= 4 is 0 Å². The summed E-state index contributed by atoms with van der Waals surface area (Å²) in [5.74, 6) is 0. The first kappa shape index (κ1) is 13.0. The molecule has 4 heteroatoms. The first-order valence-corrected chi connectivity index (χ1v) is 6.57. The standard InChI is InChI=1S/C14H20N4/c15-8-10-17-12-4-6-14(11-16,7-5-12)13-3-1-2-9-18-13/h1-3,9,12,17H,4-8,10,15H2.